The van der Waals surface area contributed by atoms with E-state index >= 15 is 0 Å². The summed E-state index contributed by atoms with van der Waals surface area (Å²) in [7, 11) is 0. The molecule has 4 nitrogen and oxygen atoms in total. The van der Waals surface area contributed by atoms with E-state index in [-0.39, 0.29) is 12.1 Å². The lowest BCUT2D eigenvalue weighted by atomic mass is 9.95. The number of hydrogen-bond donors (Lipinski definition) is 1. The van der Waals surface area contributed by atoms with Crippen molar-refractivity contribution in [2.75, 3.05) is 5.32 Å². The monoisotopic (exact) mass is 453 g/mol. The van der Waals surface area contributed by atoms with Crippen LogP contribution in [0.4, 0.5) is 10.5 Å². The Balaban J connectivity index is 1.49. The Morgan fingerprint density at radius 2 is 1.73 bits per heavy atom. The maximum atomic E-state index is 13.8. The minimum atomic E-state index is -0.162. The molecule has 1 aliphatic carbocycles. The molecule has 2 aromatic carbocycles. The van der Waals surface area contributed by atoms with Crippen LogP contribution < -0.4 is 5.32 Å². The lowest BCUT2D eigenvalue weighted by molar-refractivity contribution is 0.194. The Kier molecular flexibility index (Phi) is 5.07. The molecule has 5 heteroatoms. The van der Waals surface area contributed by atoms with Gasteiger partial charge in [-0.05, 0) is 68.0 Å². The normalized spacial score (nSPS) is 17.0. The molecule has 166 valence electrons. The van der Waals surface area contributed by atoms with E-state index < -0.39 is 0 Å². The van der Waals surface area contributed by atoms with Gasteiger partial charge in [0.05, 0.1) is 18.3 Å². The molecule has 6 rings (SSSR count). The quantitative estimate of drug-likeness (QED) is 0.354. The number of amides is 2. The number of fused-ring (bicyclic) bond motifs is 5. The van der Waals surface area contributed by atoms with Gasteiger partial charge in [-0.1, -0.05) is 48.0 Å². The molecular weight excluding hydrogens is 426 g/mol. The van der Waals surface area contributed by atoms with E-state index in [0.29, 0.717) is 6.54 Å². The molecule has 0 bridgehead atoms. The molecule has 1 unspecified atom stereocenters. The average Bonchev–Trinajstić information content (AvgIpc) is 3.43. The molecule has 2 aliphatic rings. The highest BCUT2D eigenvalue weighted by Gasteiger charge is 2.36. The van der Waals surface area contributed by atoms with Crippen molar-refractivity contribution in [2.24, 2.45) is 0 Å². The van der Waals surface area contributed by atoms with Crippen LogP contribution in [-0.2, 0) is 19.4 Å². The Bertz CT molecular complexity index is 1300. The number of aryl methyl sites for hydroxylation is 2. The zero-order valence-corrected chi connectivity index (χ0v) is 19.6. The standard InChI is InChI=1S/C28H27N3OS/c1-19-13-15-21(16-14-19)29-28(32)31-18-23-22-10-5-6-12-25(22)33-27(23)30-17-7-11-24(30)26(31)20-8-3-2-4-9-20/h2-4,7-9,11,13-17,26H,5-6,10,12,18H2,1H3,(H,29,32). The first kappa shape index (κ1) is 20.3. The van der Waals surface area contributed by atoms with Crippen LogP contribution in [0, 0.1) is 6.92 Å². The number of nitrogens with one attached hydrogen (secondary N) is 1. The molecule has 2 amide bonds. The first-order chi connectivity index (χ1) is 16.2. The molecule has 33 heavy (non-hydrogen) atoms. The third kappa shape index (κ3) is 3.57. The van der Waals surface area contributed by atoms with Crippen LogP contribution in [0.5, 0.6) is 0 Å². The number of thiophene rings is 1. The zero-order valence-electron chi connectivity index (χ0n) is 18.8. The van der Waals surface area contributed by atoms with E-state index in [1.165, 1.54) is 39.4 Å². The van der Waals surface area contributed by atoms with Crippen molar-refractivity contribution in [3.8, 4) is 5.00 Å². The highest BCUT2D eigenvalue weighted by atomic mass is 32.1. The zero-order chi connectivity index (χ0) is 22.4. The van der Waals surface area contributed by atoms with E-state index in [1.807, 2.05) is 46.6 Å². The Labute approximate surface area is 198 Å². The topological polar surface area (TPSA) is 37.3 Å². The Hall–Kier alpha value is -3.31. The third-order valence-corrected chi connectivity index (χ3v) is 8.19. The van der Waals surface area contributed by atoms with Gasteiger partial charge < -0.3 is 14.8 Å². The van der Waals surface area contributed by atoms with Crippen molar-refractivity contribution in [1.82, 2.24) is 9.47 Å². The third-order valence-electron chi connectivity index (χ3n) is 6.86. The van der Waals surface area contributed by atoms with Gasteiger partial charge in [0.25, 0.3) is 0 Å². The number of aromatic nitrogens is 1. The van der Waals surface area contributed by atoms with Crippen molar-refractivity contribution in [2.45, 2.75) is 45.2 Å². The van der Waals surface area contributed by atoms with Crippen LogP contribution in [-0.4, -0.2) is 15.5 Å². The number of hydrogen-bond acceptors (Lipinski definition) is 2. The van der Waals surface area contributed by atoms with E-state index in [4.69, 9.17) is 0 Å². The molecule has 3 heterocycles. The second-order valence-electron chi connectivity index (χ2n) is 9.03. The predicted molar refractivity (Wildman–Crippen MR) is 134 cm³/mol. The predicted octanol–water partition coefficient (Wildman–Crippen LogP) is 6.86. The fourth-order valence-electron chi connectivity index (χ4n) is 5.20. The number of urea groups is 1. The van der Waals surface area contributed by atoms with Gasteiger partial charge in [-0.2, -0.15) is 0 Å². The van der Waals surface area contributed by atoms with Gasteiger partial charge in [0, 0.05) is 22.3 Å². The van der Waals surface area contributed by atoms with Crippen LogP contribution in [0.3, 0.4) is 0 Å². The Morgan fingerprint density at radius 1 is 0.939 bits per heavy atom. The van der Waals surface area contributed by atoms with Gasteiger partial charge in [-0.3, -0.25) is 0 Å². The van der Waals surface area contributed by atoms with Gasteiger partial charge in [-0.15, -0.1) is 11.3 Å². The Morgan fingerprint density at radius 3 is 2.55 bits per heavy atom. The fourth-order valence-corrected chi connectivity index (χ4v) is 6.61. The molecule has 0 saturated carbocycles. The molecule has 2 aromatic heterocycles. The van der Waals surface area contributed by atoms with E-state index in [0.717, 1.165) is 29.8 Å². The summed E-state index contributed by atoms with van der Waals surface area (Å²) in [5.74, 6) is 0. The smallest absolute Gasteiger partial charge is 0.310 e. The van der Waals surface area contributed by atoms with Crippen LogP contribution in [0.25, 0.3) is 5.00 Å². The van der Waals surface area contributed by atoms with Crippen molar-refractivity contribution in [3.63, 3.8) is 0 Å². The summed E-state index contributed by atoms with van der Waals surface area (Å²) >= 11 is 1.92. The van der Waals surface area contributed by atoms with Crippen LogP contribution >= 0.6 is 11.3 Å². The van der Waals surface area contributed by atoms with Crippen molar-refractivity contribution in [3.05, 3.63) is 106 Å². The van der Waals surface area contributed by atoms with E-state index in [2.05, 4.69) is 59.4 Å². The second kappa shape index (κ2) is 8.23. The number of carbonyl (C=O) groups is 1. The van der Waals surface area contributed by atoms with Crippen LogP contribution in [0.15, 0.2) is 72.9 Å². The lowest BCUT2D eigenvalue weighted by Gasteiger charge is -2.31. The largest absolute Gasteiger partial charge is 0.322 e. The maximum absolute atomic E-state index is 13.8. The number of anilines is 1. The van der Waals surface area contributed by atoms with E-state index in [9.17, 15) is 4.79 Å². The van der Waals surface area contributed by atoms with E-state index in [1.54, 1.807) is 0 Å². The summed E-state index contributed by atoms with van der Waals surface area (Å²) in [5.41, 5.74) is 7.06. The van der Waals surface area contributed by atoms with Gasteiger partial charge in [0.2, 0.25) is 0 Å². The summed E-state index contributed by atoms with van der Waals surface area (Å²) in [5, 5.41) is 4.46. The summed E-state index contributed by atoms with van der Waals surface area (Å²) < 4.78 is 2.33. The summed E-state index contributed by atoms with van der Waals surface area (Å²) in [6, 6.07) is 22.5. The SMILES string of the molecule is Cc1ccc(NC(=O)N2Cc3c(sc4c3CCCC4)-n3cccc3C2c2ccccc2)cc1. The van der Waals surface area contributed by atoms with Crippen LogP contribution in [0.1, 0.15) is 51.7 Å². The molecule has 0 spiro atoms. The average molecular weight is 454 g/mol. The van der Waals surface area contributed by atoms with Gasteiger partial charge >= 0.3 is 6.03 Å². The van der Waals surface area contributed by atoms with Crippen molar-refractivity contribution < 1.29 is 4.79 Å². The molecular formula is C28H27N3OS. The van der Waals surface area contributed by atoms with Crippen LogP contribution in [0.2, 0.25) is 0 Å². The summed E-state index contributed by atoms with van der Waals surface area (Å²) in [6.45, 7) is 2.67. The number of carbonyl (C=O) groups excluding carboxylic acids is 1. The molecule has 0 fully saturated rings. The molecule has 1 N–H and O–H groups in total. The number of benzene rings is 2. The minimum absolute atomic E-state index is 0.0657. The van der Waals surface area contributed by atoms with Crippen molar-refractivity contribution >= 4 is 23.1 Å². The van der Waals surface area contributed by atoms with Gasteiger partial charge in [0.15, 0.2) is 0 Å². The summed E-state index contributed by atoms with van der Waals surface area (Å²) in [4.78, 5) is 17.4. The molecule has 4 aromatic rings. The molecule has 1 atom stereocenters. The van der Waals surface area contributed by atoms with Gasteiger partial charge in [0.1, 0.15) is 5.00 Å². The highest BCUT2D eigenvalue weighted by molar-refractivity contribution is 7.15. The maximum Gasteiger partial charge on any atom is 0.322 e. The molecule has 0 saturated heterocycles. The number of rotatable bonds is 2. The highest BCUT2D eigenvalue weighted by Crippen LogP contribution is 2.44. The fraction of sp³-hybridized carbons (Fsp3) is 0.250. The number of nitrogens with zero attached hydrogens (tertiary/aromatic N) is 2. The first-order valence-electron chi connectivity index (χ1n) is 11.7. The molecule has 0 radical (unpaired) electrons. The van der Waals surface area contributed by atoms with Gasteiger partial charge in [-0.25, -0.2) is 4.79 Å². The minimum Gasteiger partial charge on any atom is -0.310 e. The molecule has 1 aliphatic heterocycles. The lowest BCUT2D eigenvalue weighted by Crippen LogP contribution is -2.38. The second-order valence-corrected chi connectivity index (χ2v) is 10.1. The summed E-state index contributed by atoms with van der Waals surface area (Å²) in [6.07, 6.45) is 6.91. The first-order valence-corrected chi connectivity index (χ1v) is 12.5. The van der Waals surface area contributed by atoms with Crippen molar-refractivity contribution in [1.29, 1.82) is 0 Å².